The summed E-state index contributed by atoms with van der Waals surface area (Å²) >= 11 is 1.40. The van der Waals surface area contributed by atoms with Gasteiger partial charge in [0.2, 0.25) is 5.96 Å². The van der Waals surface area contributed by atoms with Crippen LogP contribution in [0.2, 0.25) is 0 Å². The summed E-state index contributed by atoms with van der Waals surface area (Å²) in [6.45, 7) is 17.4. The van der Waals surface area contributed by atoms with E-state index in [1.54, 1.807) is 62.3 Å². The lowest BCUT2D eigenvalue weighted by atomic mass is 10.1. The molecule has 1 rings (SSSR count). The first-order valence-electron chi connectivity index (χ1n) is 12.0. The summed E-state index contributed by atoms with van der Waals surface area (Å²) in [5, 5.41) is 8.02. The zero-order valence-electron chi connectivity index (χ0n) is 23.1. The van der Waals surface area contributed by atoms with E-state index in [0.717, 1.165) is 6.42 Å². The zero-order valence-corrected chi connectivity index (χ0v) is 23.9. The first-order valence-corrected chi connectivity index (χ1v) is 12.9. The van der Waals surface area contributed by atoms with Crippen molar-refractivity contribution in [2.45, 2.75) is 115 Å². The molecule has 1 heterocycles. The third-order valence-corrected chi connectivity index (χ3v) is 6.00. The number of aliphatic imine (C=N–C) groups is 1. The SMILES string of the molecule is CC(=O)[C@@]1(NC(=O)OC(C)(C)C)SC1CCCCN/C(=N\C(=O)OC(C)(C)C)NC(=O)OC(C)(C)C. The number of unbranched alkanes of at least 4 members (excludes halogenated alkanes) is 1. The minimum absolute atomic E-state index is 0.0580. The van der Waals surface area contributed by atoms with Gasteiger partial charge in [-0.15, -0.1) is 16.8 Å². The molecule has 2 atom stereocenters. The molecule has 36 heavy (non-hydrogen) atoms. The fraction of sp³-hybridized carbons (Fsp3) is 0.792. The number of hydrogen-bond donors (Lipinski definition) is 3. The van der Waals surface area contributed by atoms with Gasteiger partial charge in [0.15, 0.2) is 10.7 Å². The molecule has 12 heteroatoms. The highest BCUT2D eigenvalue weighted by Gasteiger charge is 2.60. The highest BCUT2D eigenvalue weighted by atomic mass is 32.2. The Kier molecular flexibility index (Phi) is 10.6. The second-order valence-electron chi connectivity index (χ2n) is 11.5. The van der Waals surface area contributed by atoms with Crippen LogP contribution in [0.5, 0.6) is 0 Å². The predicted molar refractivity (Wildman–Crippen MR) is 139 cm³/mol. The Balaban J connectivity index is 2.62. The highest BCUT2D eigenvalue weighted by Crippen LogP contribution is 2.54. The Morgan fingerprint density at radius 2 is 1.36 bits per heavy atom. The number of nitrogens with zero attached hydrogens (tertiary/aromatic N) is 1. The average Bonchev–Trinajstić information content (AvgIpc) is 3.29. The lowest BCUT2D eigenvalue weighted by Crippen LogP contribution is -2.46. The number of rotatable bonds is 7. The van der Waals surface area contributed by atoms with Crippen LogP contribution >= 0.6 is 11.8 Å². The summed E-state index contributed by atoms with van der Waals surface area (Å²) in [5.74, 6) is -0.209. The lowest BCUT2D eigenvalue weighted by molar-refractivity contribution is -0.119. The second kappa shape index (κ2) is 12.2. The molecule has 0 aliphatic carbocycles. The van der Waals surface area contributed by atoms with Crippen molar-refractivity contribution < 1.29 is 33.4 Å². The Hall–Kier alpha value is -2.50. The number of nitrogens with one attached hydrogen (secondary N) is 3. The Labute approximate surface area is 218 Å². The molecule has 1 fully saturated rings. The van der Waals surface area contributed by atoms with Gasteiger partial charge in [-0.3, -0.25) is 15.4 Å². The van der Waals surface area contributed by atoms with Crippen LogP contribution in [-0.4, -0.2) is 63.5 Å². The van der Waals surface area contributed by atoms with Gasteiger partial charge in [0.05, 0.1) is 0 Å². The number of amides is 3. The number of carbonyl (C=O) groups excluding carboxylic acids is 4. The summed E-state index contributed by atoms with van der Waals surface area (Å²) in [6, 6.07) is 0. The largest absolute Gasteiger partial charge is 0.444 e. The van der Waals surface area contributed by atoms with Crippen LogP contribution in [0, 0.1) is 0 Å². The summed E-state index contributed by atoms with van der Waals surface area (Å²) in [4.78, 5) is 51.5. The molecule has 0 aromatic carbocycles. The first kappa shape index (κ1) is 31.5. The van der Waals surface area contributed by atoms with E-state index in [1.165, 1.54) is 18.7 Å². The molecule has 0 saturated carbocycles. The van der Waals surface area contributed by atoms with Gasteiger partial charge in [-0.1, -0.05) is 6.42 Å². The number of ether oxygens (including phenoxy) is 3. The van der Waals surface area contributed by atoms with Gasteiger partial charge in [0.25, 0.3) is 0 Å². The van der Waals surface area contributed by atoms with Gasteiger partial charge < -0.3 is 19.5 Å². The van der Waals surface area contributed by atoms with Gasteiger partial charge >= 0.3 is 18.3 Å². The molecule has 1 aliphatic heterocycles. The van der Waals surface area contributed by atoms with E-state index in [9.17, 15) is 19.2 Å². The summed E-state index contributed by atoms with van der Waals surface area (Å²) in [6.07, 6.45) is -0.172. The molecule has 0 bridgehead atoms. The molecule has 0 radical (unpaired) electrons. The molecule has 1 saturated heterocycles. The Bertz CT molecular complexity index is 856. The monoisotopic (exact) mass is 530 g/mol. The Morgan fingerprint density at radius 3 is 1.86 bits per heavy atom. The van der Waals surface area contributed by atoms with Crippen LogP contribution in [0.3, 0.4) is 0 Å². The van der Waals surface area contributed by atoms with Crippen molar-refractivity contribution in [1.82, 2.24) is 16.0 Å². The van der Waals surface area contributed by atoms with E-state index in [2.05, 4.69) is 20.9 Å². The van der Waals surface area contributed by atoms with E-state index in [-0.39, 0.29) is 17.0 Å². The third-order valence-electron chi connectivity index (χ3n) is 4.34. The molecule has 0 aromatic heterocycles. The summed E-state index contributed by atoms with van der Waals surface area (Å²) < 4.78 is 15.7. The fourth-order valence-corrected chi connectivity index (χ4v) is 4.28. The maximum Gasteiger partial charge on any atom is 0.437 e. The van der Waals surface area contributed by atoms with E-state index in [4.69, 9.17) is 14.2 Å². The molecule has 11 nitrogen and oxygen atoms in total. The number of thioether (sulfide) groups is 1. The molecule has 3 N–H and O–H groups in total. The Morgan fingerprint density at radius 1 is 0.833 bits per heavy atom. The quantitative estimate of drug-likeness (QED) is 0.142. The number of hydrogen-bond acceptors (Lipinski definition) is 8. The number of Topliss-reactive ketones (excluding diaryl/α,β-unsaturated/α-hetero) is 1. The molecule has 3 amide bonds. The maximum absolute atomic E-state index is 12.2. The van der Waals surface area contributed by atoms with E-state index in [0.29, 0.717) is 19.4 Å². The van der Waals surface area contributed by atoms with E-state index >= 15 is 0 Å². The molecule has 0 spiro atoms. The van der Waals surface area contributed by atoms with Crippen molar-refractivity contribution in [3.05, 3.63) is 0 Å². The molecular formula is C24H42N4O7S. The van der Waals surface area contributed by atoms with Crippen molar-refractivity contribution in [1.29, 1.82) is 0 Å². The number of guanidine groups is 1. The highest BCUT2D eigenvalue weighted by molar-refractivity contribution is 8.09. The number of carbonyl (C=O) groups is 4. The molecule has 1 unspecified atom stereocenters. The minimum atomic E-state index is -0.961. The number of ketones is 1. The van der Waals surface area contributed by atoms with Crippen molar-refractivity contribution in [2.24, 2.45) is 4.99 Å². The van der Waals surface area contributed by atoms with Crippen LogP contribution in [0.25, 0.3) is 0 Å². The molecule has 1 aliphatic rings. The van der Waals surface area contributed by atoms with Crippen molar-refractivity contribution >= 4 is 41.8 Å². The molecule has 0 aromatic rings. The third kappa shape index (κ3) is 12.5. The van der Waals surface area contributed by atoms with Crippen LogP contribution < -0.4 is 16.0 Å². The summed E-state index contributed by atoms with van der Waals surface area (Å²) in [7, 11) is 0. The molecular weight excluding hydrogens is 488 g/mol. The van der Waals surface area contributed by atoms with Gasteiger partial charge in [-0.2, -0.15) is 0 Å². The van der Waals surface area contributed by atoms with Crippen LogP contribution in [0.4, 0.5) is 14.4 Å². The van der Waals surface area contributed by atoms with Crippen molar-refractivity contribution in [2.75, 3.05) is 6.54 Å². The normalized spacial score (nSPS) is 20.2. The van der Waals surface area contributed by atoms with E-state index < -0.39 is 40.0 Å². The van der Waals surface area contributed by atoms with Crippen molar-refractivity contribution in [3.63, 3.8) is 0 Å². The van der Waals surface area contributed by atoms with Gasteiger partial charge in [-0.05, 0) is 82.1 Å². The average molecular weight is 531 g/mol. The van der Waals surface area contributed by atoms with Crippen molar-refractivity contribution in [3.8, 4) is 0 Å². The van der Waals surface area contributed by atoms with E-state index in [1.807, 2.05) is 0 Å². The van der Waals surface area contributed by atoms with Gasteiger partial charge in [0.1, 0.15) is 16.8 Å². The first-order chi connectivity index (χ1) is 16.2. The van der Waals surface area contributed by atoms with Crippen LogP contribution in [0.1, 0.15) is 88.5 Å². The zero-order chi connectivity index (χ0) is 27.9. The van der Waals surface area contributed by atoms with Crippen LogP contribution in [0.15, 0.2) is 4.99 Å². The maximum atomic E-state index is 12.2. The second-order valence-corrected chi connectivity index (χ2v) is 13.0. The smallest absolute Gasteiger partial charge is 0.437 e. The van der Waals surface area contributed by atoms with Gasteiger partial charge in [-0.25, -0.2) is 14.4 Å². The minimum Gasteiger partial charge on any atom is -0.444 e. The standard InChI is InChI=1S/C24H42N4O7S/c1-15(29)24(28-20(32)35-23(8,9)10)16(36-24)13-11-12-14-25-17(26-18(30)33-21(2,3)4)27-19(31)34-22(5,6)7/h16H,11-14H2,1-10H3,(H,28,32)(H2,25,26,27,30,31)/t16?,24-/m1/s1. The topological polar surface area (TPSA) is 144 Å². The lowest BCUT2D eigenvalue weighted by Gasteiger charge is -2.22. The van der Waals surface area contributed by atoms with Crippen LogP contribution in [-0.2, 0) is 19.0 Å². The fourth-order valence-electron chi connectivity index (χ4n) is 2.96. The predicted octanol–water partition coefficient (Wildman–Crippen LogP) is 4.49. The number of alkyl carbamates (subject to hydrolysis) is 2. The summed E-state index contributed by atoms with van der Waals surface area (Å²) in [5.41, 5.74) is -2.12. The molecule has 206 valence electrons. The van der Waals surface area contributed by atoms with Gasteiger partial charge in [0, 0.05) is 11.8 Å².